The summed E-state index contributed by atoms with van der Waals surface area (Å²) >= 11 is 13.1. The molecule has 10 rings (SSSR count). The van der Waals surface area contributed by atoms with Gasteiger partial charge in [0.2, 0.25) is 17.7 Å². The van der Waals surface area contributed by atoms with Crippen LogP contribution in [0.25, 0.3) is 21.5 Å². The molecule has 4 N–H and O–H groups in total. The summed E-state index contributed by atoms with van der Waals surface area (Å²) < 4.78 is 28.6. The predicted octanol–water partition coefficient (Wildman–Crippen LogP) is 7.61. The van der Waals surface area contributed by atoms with Gasteiger partial charge in [0.05, 0.1) is 22.2 Å². The second-order valence-corrected chi connectivity index (χ2v) is 25.2. The van der Waals surface area contributed by atoms with Crippen molar-refractivity contribution in [1.82, 2.24) is 20.0 Å². The van der Waals surface area contributed by atoms with Crippen molar-refractivity contribution in [2.24, 2.45) is 10.8 Å². The molecule has 3 saturated carbocycles. The number of carboxylic acids is 1. The van der Waals surface area contributed by atoms with Crippen molar-refractivity contribution in [2.45, 2.75) is 62.8 Å². The molecular weight excluding hydrogens is 1140 g/mol. The summed E-state index contributed by atoms with van der Waals surface area (Å²) in [4.78, 5) is 130. The molecule has 0 radical (unpaired) electrons. The maximum Gasteiger partial charge on any atom is 0.524 e. The Morgan fingerprint density at radius 3 is 1.79 bits per heavy atom. The van der Waals surface area contributed by atoms with Crippen LogP contribution in [0.4, 0.5) is 21.0 Å². The Kier molecular flexibility index (Phi) is 17.7. The van der Waals surface area contributed by atoms with E-state index in [0.29, 0.717) is 71.8 Å². The molecule has 7 amide bonds. The number of halogens is 2. The number of unbranched alkanes of at least 4 members (excludes halogenated alkanes) is 2. The topological polar surface area (TPSA) is 270 Å². The van der Waals surface area contributed by atoms with Gasteiger partial charge < -0.3 is 44.0 Å². The van der Waals surface area contributed by atoms with Gasteiger partial charge in [-0.3, -0.25) is 38.7 Å². The highest BCUT2D eigenvalue weighted by molar-refractivity contribution is 8.76. The van der Waals surface area contributed by atoms with Crippen molar-refractivity contribution < 1.29 is 71.8 Å². The Balaban J connectivity index is 0.754. The number of phosphoric ester groups is 1. The number of phosphoric acid groups is 1. The van der Waals surface area contributed by atoms with Crippen LogP contribution in [-0.4, -0.2) is 160 Å². The molecule has 26 heteroatoms. The molecular formula is C54H59Cl2N6O15PS2. The van der Waals surface area contributed by atoms with Crippen molar-refractivity contribution in [2.75, 3.05) is 86.5 Å². The van der Waals surface area contributed by atoms with E-state index in [0.717, 1.165) is 21.4 Å². The molecule has 3 heterocycles. The zero-order chi connectivity index (χ0) is 57.3. The van der Waals surface area contributed by atoms with Crippen LogP contribution in [0, 0.1) is 10.8 Å². The van der Waals surface area contributed by atoms with Crippen LogP contribution in [0.15, 0.2) is 72.8 Å². The maximum absolute atomic E-state index is 14.8. The Hall–Kier alpha value is -6.07. The lowest BCUT2D eigenvalue weighted by Gasteiger charge is -2.69. The van der Waals surface area contributed by atoms with E-state index in [9.17, 15) is 57.8 Å². The standard InChI is InChI=1S/C54H59Cl2N6O15PS2/c1-58(51(70)75-20-21-79-80-28-38(48(66)67)57-43(63)14-4-3-9-17-60-44(64)15-16-45(60)65)18-19-59(2)52(71)76-41-22-39-46(36-12-7-5-10-34(36)41)32(24-55)26-61(39)49(68)53-29-54(30-53,31-53)50(69)62-27-33(25-56)47-37-13-8-6-11-35(37)42(23-40(47)62)77-78(72,73)74/h5-8,10-13,15-16,22-23,32-33,38H,3-4,9,14,17-21,24-31H2,1-2H3,(H,57,63)(H,66,67)(H2,72,73,74)/t32-,33-,38+,53?,54?/m1/s1. The van der Waals surface area contributed by atoms with E-state index < -0.39 is 48.8 Å². The Bertz CT molecular complexity index is 3220. The van der Waals surface area contributed by atoms with Crippen LogP contribution in [0.2, 0.25) is 0 Å². The fourth-order valence-corrected chi connectivity index (χ4v) is 14.4. The molecule has 80 heavy (non-hydrogen) atoms. The molecule has 6 aliphatic rings. The van der Waals surface area contributed by atoms with E-state index in [1.54, 1.807) is 34.1 Å². The number of amides is 7. The van der Waals surface area contributed by atoms with E-state index >= 15 is 0 Å². The van der Waals surface area contributed by atoms with Gasteiger partial charge in [-0.1, -0.05) is 76.5 Å². The second kappa shape index (κ2) is 24.2. The van der Waals surface area contributed by atoms with Gasteiger partial charge in [-0.2, -0.15) is 0 Å². The number of aliphatic carboxylic acids is 1. The summed E-state index contributed by atoms with van der Waals surface area (Å²) in [5, 5.41) is 14.7. The minimum absolute atomic E-state index is 0.00663. The molecule has 3 aliphatic carbocycles. The van der Waals surface area contributed by atoms with Gasteiger partial charge in [-0.15, -0.1) is 23.2 Å². The number of carbonyl (C=O) groups is 8. The molecule has 2 bridgehead atoms. The lowest BCUT2D eigenvalue weighted by atomic mass is 9.34. The number of ether oxygens (including phenoxy) is 2. The lowest BCUT2D eigenvalue weighted by molar-refractivity contribution is -0.205. The highest BCUT2D eigenvalue weighted by Crippen LogP contribution is 2.75. The second-order valence-electron chi connectivity index (χ2n) is 20.8. The maximum atomic E-state index is 14.8. The van der Waals surface area contributed by atoms with E-state index in [4.69, 9.17) is 37.2 Å². The quantitative estimate of drug-likeness (QED) is 0.0173. The summed E-state index contributed by atoms with van der Waals surface area (Å²) in [5.41, 5.74) is 0.984. The van der Waals surface area contributed by atoms with Crippen molar-refractivity contribution in [3.8, 4) is 11.5 Å². The molecule has 0 unspecified atom stereocenters. The summed E-state index contributed by atoms with van der Waals surface area (Å²) in [5.74, 6) is -2.29. The van der Waals surface area contributed by atoms with Gasteiger partial charge in [0.15, 0.2) is 0 Å². The first-order valence-electron chi connectivity index (χ1n) is 25.9. The first-order chi connectivity index (χ1) is 38.2. The van der Waals surface area contributed by atoms with E-state index in [2.05, 4.69) is 5.32 Å². The lowest BCUT2D eigenvalue weighted by Crippen LogP contribution is -2.73. The molecule has 3 fully saturated rings. The molecule has 0 saturated heterocycles. The molecule has 0 aromatic heterocycles. The summed E-state index contributed by atoms with van der Waals surface area (Å²) in [7, 11) is 0.539. The molecule has 3 atom stereocenters. The number of fused-ring (bicyclic) bond motifs is 6. The average molecular weight is 1200 g/mol. The van der Waals surface area contributed by atoms with E-state index in [1.165, 1.54) is 63.7 Å². The zero-order valence-electron chi connectivity index (χ0n) is 43.7. The number of carbonyl (C=O) groups excluding carboxylic acids is 7. The third-order valence-corrected chi connectivity index (χ3v) is 19.0. The molecule has 3 aliphatic heterocycles. The summed E-state index contributed by atoms with van der Waals surface area (Å²) in [6.45, 7) is 0.929. The number of imide groups is 1. The number of nitrogens with one attached hydrogen (secondary N) is 1. The number of hydrogen-bond donors (Lipinski definition) is 4. The zero-order valence-corrected chi connectivity index (χ0v) is 47.7. The number of carboxylic acid groups (broad SMARTS) is 1. The first-order valence-corrected chi connectivity index (χ1v) is 31.0. The van der Waals surface area contributed by atoms with Crippen LogP contribution in [0.1, 0.15) is 67.9 Å². The minimum atomic E-state index is -4.97. The van der Waals surface area contributed by atoms with Crippen LogP contribution >= 0.6 is 52.6 Å². The van der Waals surface area contributed by atoms with Crippen molar-refractivity contribution in [3.63, 3.8) is 0 Å². The van der Waals surface area contributed by atoms with Crippen molar-refractivity contribution >= 4 is 133 Å². The number of nitrogens with zero attached hydrogens (tertiary/aromatic N) is 5. The van der Waals surface area contributed by atoms with Crippen LogP contribution in [-0.2, 0) is 38.1 Å². The third kappa shape index (κ3) is 12.0. The SMILES string of the molecule is CN(CCN(C)C(=O)Oc1cc2c(c3ccccc13)[C@H](CCl)CN2C(=O)C12CC(C(=O)N3C[C@@H](CCl)c4c3cc(OP(=O)(O)O)c3ccccc43)(C1)C2)C(=O)OCCSSC[C@H](NC(=O)CCCCCN1C(=O)C=CC1=O)C(=O)O. The van der Waals surface area contributed by atoms with Gasteiger partial charge in [0, 0.05) is 123 Å². The number of benzene rings is 4. The van der Waals surface area contributed by atoms with Gasteiger partial charge in [0.1, 0.15) is 24.1 Å². The van der Waals surface area contributed by atoms with Crippen molar-refractivity contribution in [1.29, 1.82) is 0 Å². The summed E-state index contributed by atoms with van der Waals surface area (Å²) in [6.07, 6.45) is 3.57. The van der Waals surface area contributed by atoms with Crippen LogP contribution in [0.5, 0.6) is 11.5 Å². The number of anilines is 2. The van der Waals surface area contributed by atoms with Gasteiger partial charge >= 0.3 is 26.0 Å². The fourth-order valence-electron chi connectivity index (χ4n) is 11.5. The minimum Gasteiger partial charge on any atom is -0.480 e. The Morgan fingerprint density at radius 1 is 0.750 bits per heavy atom. The third-order valence-electron chi connectivity index (χ3n) is 15.4. The largest absolute Gasteiger partial charge is 0.524 e. The monoisotopic (exact) mass is 1200 g/mol. The number of likely N-dealkylation sites (N-methyl/N-ethyl adjacent to an activating group) is 2. The van der Waals surface area contributed by atoms with Crippen molar-refractivity contribution in [3.05, 3.63) is 83.9 Å². The normalized spacial score (nSPS) is 20.9. The van der Waals surface area contributed by atoms with Gasteiger partial charge in [-0.05, 0) is 54.0 Å². The molecule has 21 nitrogen and oxygen atoms in total. The highest BCUT2D eigenvalue weighted by atomic mass is 35.5. The molecule has 4 aromatic rings. The molecule has 0 spiro atoms. The Labute approximate surface area is 478 Å². The van der Waals surface area contributed by atoms with E-state index in [-0.39, 0.29) is 110 Å². The summed E-state index contributed by atoms with van der Waals surface area (Å²) in [6, 6.07) is 16.4. The smallest absolute Gasteiger partial charge is 0.480 e. The highest BCUT2D eigenvalue weighted by Gasteiger charge is 2.76. The van der Waals surface area contributed by atoms with E-state index in [1.807, 2.05) is 30.3 Å². The number of rotatable bonds is 24. The fraction of sp³-hybridized carbons (Fsp3) is 0.444. The molecule has 426 valence electrons. The molecule has 4 aromatic carbocycles. The first kappa shape index (κ1) is 58.6. The number of hydrogen-bond acceptors (Lipinski definition) is 14. The predicted molar refractivity (Wildman–Crippen MR) is 302 cm³/mol. The number of alkyl halides is 2. The average Bonchev–Trinajstić information content (AvgIpc) is 2.10. The van der Waals surface area contributed by atoms with Crippen LogP contribution < -0.4 is 24.4 Å². The van der Waals surface area contributed by atoms with Gasteiger partial charge in [-0.25, -0.2) is 18.9 Å². The Morgan fingerprint density at radius 2 is 1.26 bits per heavy atom. The van der Waals surface area contributed by atoms with Gasteiger partial charge in [0.25, 0.3) is 11.8 Å². The van der Waals surface area contributed by atoms with Crippen LogP contribution in [0.3, 0.4) is 0 Å².